The maximum atomic E-state index is 12.7. The minimum Gasteiger partial charge on any atom is -0.493 e. The van der Waals surface area contributed by atoms with Gasteiger partial charge in [-0.25, -0.2) is 9.78 Å². The highest BCUT2D eigenvalue weighted by Gasteiger charge is 2.30. The molecule has 0 aliphatic carbocycles. The molecule has 1 amide bonds. The van der Waals surface area contributed by atoms with Crippen LogP contribution in [0.1, 0.15) is 28.1 Å². The van der Waals surface area contributed by atoms with E-state index < -0.39 is 29.7 Å². The van der Waals surface area contributed by atoms with Crippen LogP contribution in [0.15, 0.2) is 83.3 Å². The number of nitrogens with zero attached hydrogens (tertiary/aromatic N) is 1. The van der Waals surface area contributed by atoms with Gasteiger partial charge in [0, 0.05) is 18.4 Å². The highest BCUT2D eigenvalue weighted by Crippen LogP contribution is 2.29. The van der Waals surface area contributed by atoms with Crippen LogP contribution in [0, 0.1) is 6.92 Å². The number of carbonyl (C=O) groups excluding carboxylic acids is 1. The monoisotopic (exact) mass is 552 g/mol. The second-order valence-corrected chi connectivity index (χ2v) is 9.16. The molecule has 0 saturated carbocycles. The van der Waals surface area contributed by atoms with Crippen molar-refractivity contribution in [1.29, 1.82) is 0 Å². The van der Waals surface area contributed by atoms with Gasteiger partial charge >= 0.3 is 12.1 Å². The fraction of sp³-hybridized carbons (Fsp3) is 0.233. The third-order valence-corrected chi connectivity index (χ3v) is 6.16. The molecule has 0 radical (unpaired) electrons. The van der Waals surface area contributed by atoms with Crippen molar-refractivity contribution in [3.05, 3.63) is 107 Å². The van der Waals surface area contributed by atoms with Crippen LogP contribution in [0.2, 0.25) is 0 Å². The number of carboxylic acids is 1. The second kappa shape index (κ2) is 12.5. The zero-order valence-electron chi connectivity index (χ0n) is 21.6. The number of amides is 1. The Hall–Kier alpha value is -4.60. The Labute approximate surface area is 228 Å². The maximum absolute atomic E-state index is 12.7. The van der Waals surface area contributed by atoms with E-state index in [1.165, 1.54) is 12.1 Å². The molecule has 3 aromatic carbocycles. The first-order valence-electron chi connectivity index (χ1n) is 12.5. The van der Waals surface area contributed by atoms with Gasteiger partial charge in [0.1, 0.15) is 17.6 Å². The molecule has 10 heteroatoms. The first-order valence-corrected chi connectivity index (χ1v) is 12.5. The standard InChI is InChI=1S/C30H27F3N2O5/c1-19-25(35-28(40-19)22-5-3-2-4-6-22)15-16-39-24-13-9-20(10-14-24)17-26(29(37)38)34-27(36)18-21-7-11-23(12-8-21)30(31,32)33/h2-14,26H,15-18H2,1H3,(H,34,36)(H,37,38)/t26-/m0/s1. The van der Waals surface area contributed by atoms with Gasteiger partial charge in [-0.1, -0.05) is 42.5 Å². The van der Waals surface area contributed by atoms with E-state index in [2.05, 4.69) is 10.3 Å². The van der Waals surface area contributed by atoms with Gasteiger partial charge in [-0.05, 0) is 54.4 Å². The summed E-state index contributed by atoms with van der Waals surface area (Å²) in [6, 6.07) is 19.4. The normalized spacial score (nSPS) is 12.1. The second-order valence-electron chi connectivity index (χ2n) is 9.16. The maximum Gasteiger partial charge on any atom is 0.416 e. The minimum atomic E-state index is -4.47. The number of ether oxygens (including phenoxy) is 1. The zero-order chi connectivity index (χ0) is 28.7. The Morgan fingerprint density at radius 3 is 2.25 bits per heavy atom. The highest BCUT2D eigenvalue weighted by molar-refractivity contribution is 5.85. The molecule has 40 heavy (non-hydrogen) atoms. The average Bonchev–Trinajstić information content (AvgIpc) is 3.29. The molecule has 4 rings (SSSR count). The number of aryl methyl sites for hydroxylation is 1. The molecule has 0 bridgehead atoms. The molecule has 0 spiro atoms. The molecular formula is C30H27F3N2O5. The van der Waals surface area contributed by atoms with E-state index in [0.717, 1.165) is 29.2 Å². The van der Waals surface area contributed by atoms with Crippen molar-refractivity contribution >= 4 is 11.9 Å². The highest BCUT2D eigenvalue weighted by atomic mass is 19.4. The number of carboxylic acid groups (broad SMARTS) is 1. The molecule has 7 nitrogen and oxygen atoms in total. The van der Waals surface area contributed by atoms with Crippen LogP contribution in [0.3, 0.4) is 0 Å². The minimum absolute atomic E-state index is 0.0226. The van der Waals surface area contributed by atoms with Gasteiger partial charge in [0.05, 0.1) is 24.3 Å². The summed E-state index contributed by atoms with van der Waals surface area (Å²) in [6.45, 7) is 2.21. The summed E-state index contributed by atoms with van der Waals surface area (Å²) < 4.78 is 49.7. The van der Waals surface area contributed by atoms with Gasteiger partial charge in [0.15, 0.2) is 0 Å². The third kappa shape index (κ3) is 7.72. The fourth-order valence-electron chi connectivity index (χ4n) is 4.03. The lowest BCUT2D eigenvalue weighted by Gasteiger charge is -2.15. The van der Waals surface area contributed by atoms with Gasteiger partial charge in [0.2, 0.25) is 11.8 Å². The van der Waals surface area contributed by atoms with Crippen molar-refractivity contribution in [2.24, 2.45) is 0 Å². The van der Waals surface area contributed by atoms with Crippen molar-refractivity contribution in [3.8, 4) is 17.2 Å². The largest absolute Gasteiger partial charge is 0.493 e. The Kier molecular flexibility index (Phi) is 8.88. The first-order chi connectivity index (χ1) is 19.1. The number of nitrogens with one attached hydrogen (secondary N) is 1. The van der Waals surface area contributed by atoms with Crippen molar-refractivity contribution in [2.75, 3.05) is 6.61 Å². The number of benzene rings is 3. The Balaban J connectivity index is 1.27. The van der Waals surface area contributed by atoms with Crippen LogP contribution in [0.4, 0.5) is 13.2 Å². The van der Waals surface area contributed by atoms with Crippen LogP contribution in [-0.4, -0.2) is 34.6 Å². The number of oxazole rings is 1. The van der Waals surface area contributed by atoms with E-state index >= 15 is 0 Å². The fourth-order valence-corrected chi connectivity index (χ4v) is 4.03. The van der Waals surface area contributed by atoms with Crippen LogP contribution in [0.25, 0.3) is 11.5 Å². The molecule has 1 aromatic heterocycles. The summed E-state index contributed by atoms with van der Waals surface area (Å²) in [5, 5.41) is 12.0. The zero-order valence-corrected chi connectivity index (χ0v) is 21.6. The lowest BCUT2D eigenvalue weighted by atomic mass is 10.0. The molecule has 0 unspecified atom stereocenters. The molecule has 2 N–H and O–H groups in total. The van der Waals surface area contributed by atoms with Crippen molar-refractivity contribution < 1.29 is 37.0 Å². The van der Waals surface area contributed by atoms with Gasteiger partial charge < -0.3 is 19.6 Å². The topological polar surface area (TPSA) is 102 Å². The smallest absolute Gasteiger partial charge is 0.416 e. The molecule has 1 heterocycles. The number of carbonyl (C=O) groups is 2. The Morgan fingerprint density at radius 2 is 1.62 bits per heavy atom. The summed E-state index contributed by atoms with van der Waals surface area (Å²) in [5.41, 5.74) is 1.87. The Bertz CT molecular complexity index is 1430. The van der Waals surface area contributed by atoms with E-state index in [9.17, 15) is 27.9 Å². The average molecular weight is 553 g/mol. The van der Waals surface area contributed by atoms with Gasteiger partial charge in [-0.15, -0.1) is 0 Å². The SMILES string of the molecule is Cc1oc(-c2ccccc2)nc1CCOc1ccc(C[C@H](NC(=O)Cc2ccc(C(F)(F)F)cc2)C(=O)O)cc1. The molecule has 0 fully saturated rings. The van der Waals surface area contributed by atoms with Crippen molar-refractivity contribution in [2.45, 2.75) is 38.4 Å². The summed E-state index contributed by atoms with van der Waals surface area (Å²) in [5.74, 6) is 0.0331. The number of rotatable bonds is 11. The molecule has 208 valence electrons. The molecular weight excluding hydrogens is 525 g/mol. The van der Waals surface area contributed by atoms with E-state index in [0.29, 0.717) is 35.8 Å². The number of hydrogen-bond acceptors (Lipinski definition) is 5. The lowest BCUT2D eigenvalue weighted by molar-refractivity contribution is -0.141. The van der Waals surface area contributed by atoms with Crippen LogP contribution >= 0.6 is 0 Å². The molecule has 0 aliphatic heterocycles. The van der Waals surface area contributed by atoms with Crippen molar-refractivity contribution in [1.82, 2.24) is 10.3 Å². The number of alkyl halides is 3. The molecule has 0 aliphatic rings. The lowest BCUT2D eigenvalue weighted by Crippen LogP contribution is -2.43. The first kappa shape index (κ1) is 28.4. The quantitative estimate of drug-likeness (QED) is 0.250. The molecule has 1 atom stereocenters. The van der Waals surface area contributed by atoms with Gasteiger partial charge in [0.25, 0.3) is 0 Å². The van der Waals surface area contributed by atoms with E-state index in [-0.39, 0.29) is 12.8 Å². The van der Waals surface area contributed by atoms with E-state index in [4.69, 9.17) is 9.15 Å². The van der Waals surface area contributed by atoms with Gasteiger partial charge in [-0.3, -0.25) is 4.79 Å². The van der Waals surface area contributed by atoms with Crippen LogP contribution in [0.5, 0.6) is 5.75 Å². The van der Waals surface area contributed by atoms with E-state index in [1.54, 1.807) is 24.3 Å². The van der Waals surface area contributed by atoms with E-state index in [1.807, 2.05) is 37.3 Å². The van der Waals surface area contributed by atoms with Crippen molar-refractivity contribution in [3.63, 3.8) is 0 Å². The third-order valence-electron chi connectivity index (χ3n) is 6.16. The van der Waals surface area contributed by atoms with Crippen LogP contribution < -0.4 is 10.1 Å². The predicted molar refractivity (Wildman–Crippen MR) is 141 cm³/mol. The molecule has 0 saturated heterocycles. The predicted octanol–water partition coefficient (Wildman–Crippen LogP) is 5.64. The summed E-state index contributed by atoms with van der Waals surface area (Å²) >= 11 is 0. The van der Waals surface area contributed by atoms with Gasteiger partial charge in [-0.2, -0.15) is 13.2 Å². The summed E-state index contributed by atoms with van der Waals surface area (Å²) in [7, 11) is 0. The number of hydrogen-bond donors (Lipinski definition) is 2. The number of aromatic nitrogens is 1. The summed E-state index contributed by atoms with van der Waals surface area (Å²) in [4.78, 5) is 28.7. The summed E-state index contributed by atoms with van der Waals surface area (Å²) in [6.07, 6.45) is -4.16. The number of halogens is 3. The molecule has 4 aromatic rings. The van der Waals surface area contributed by atoms with Crippen LogP contribution in [-0.2, 0) is 35.0 Å². The number of aliphatic carboxylic acids is 1. The Morgan fingerprint density at radius 1 is 0.975 bits per heavy atom.